The van der Waals surface area contributed by atoms with E-state index in [1.54, 1.807) is 29.6 Å². The number of rotatable bonds is 5. The van der Waals surface area contributed by atoms with Crippen LogP contribution in [0.25, 0.3) is 11.0 Å². The highest BCUT2D eigenvalue weighted by atomic mass is 19.4. The van der Waals surface area contributed by atoms with Crippen molar-refractivity contribution in [1.29, 1.82) is 0 Å². The van der Waals surface area contributed by atoms with Crippen molar-refractivity contribution in [2.45, 2.75) is 24.9 Å². The number of alkyl halides is 5. The summed E-state index contributed by atoms with van der Waals surface area (Å²) in [5.74, 6) is -5.90. The number of aromatic nitrogens is 3. The van der Waals surface area contributed by atoms with E-state index in [2.05, 4.69) is 15.0 Å². The van der Waals surface area contributed by atoms with Gasteiger partial charge in [-0.25, -0.2) is 15.0 Å². The Labute approximate surface area is 156 Å². The maximum absolute atomic E-state index is 13.0. The molecule has 2 aromatic heterocycles. The molecule has 1 unspecified atom stereocenters. The van der Waals surface area contributed by atoms with E-state index >= 15 is 0 Å². The van der Waals surface area contributed by atoms with Gasteiger partial charge in [0, 0.05) is 26.3 Å². The maximum atomic E-state index is 13.0. The molecule has 1 atom stereocenters. The number of nitrogens with one attached hydrogen (secondary N) is 2. The fraction of sp³-hybridized carbons (Fsp3) is 0.562. The Bertz CT molecular complexity index is 838. The number of hydrogen-bond acceptors (Lipinski definition) is 5. The van der Waals surface area contributed by atoms with Crippen LogP contribution in [0.15, 0.2) is 18.6 Å². The average Bonchev–Trinajstić information content (AvgIpc) is 3.13. The third-order valence-corrected chi connectivity index (χ3v) is 4.73. The zero-order valence-corrected chi connectivity index (χ0v) is 14.9. The molecule has 1 amide bonds. The van der Waals surface area contributed by atoms with Gasteiger partial charge in [-0.2, -0.15) is 22.0 Å². The minimum absolute atomic E-state index is 0.176. The highest BCUT2D eigenvalue weighted by molar-refractivity contribution is 5.87. The highest BCUT2D eigenvalue weighted by Gasteiger charge is 2.57. The van der Waals surface area contributed by atoms with Gasteiger partial charge in [-0.05, 0) is 18.9 Å². The van der Waals surface area contributed by atoms with Crippen molar-refractivity contribution in [2.24, 2.45) is 5.92 Å². The second-order valence-electron chi connectivity index (χ2n) is 6.63. The molecule has 3 heterocycles. The van der Waals surface area contributed by atoms with Crippen LogP contribution in [0.3, 0.4) is 0 Å². The monoisotopic (exact) mass is 406 g/mol. The summed E-state index contributed by atoms with van der Waals surface area (Å²) in [4.78, 5) is 23.5. The average molecular weight is 406 g/mol. The molecular weight excluding hydrogens is 387 g/mol. The first-order valence-electron chi connectivity index (χ1n) is 8.59. The van der Waals surface area contributed by atoms with Crippen molar-refractivity contribution in [3.05, 3.63) is 18.6 Å². The summed E-state index contributed by atoms with van der Waals surface area (Å²) in [7, 11) is 1.74. The van der Waals surface area contributed by atoms with Gasteiger partial charge < -0.3 is 10.3 Å². The quantitative estimate of drug-likeness (QED) is 0.746. The first-order valence-corrected chi connectivity index (χ1v) is 8.59. The van der Waals surface area contributed by atoms with Gasteiger partial charge in [-0.3, -0.25) is 9.80 Å². The van der Waals surface area contributed by atoms with Crippen molar-refractivity contribution in [1.82, 2.24) is 25.3 Å². The molecule has 7 nitrogen and oxygen atoms in total. The van der Waals surface area contributed by atoms with Gasteiger partial charge in [0.1, 0.15) is 12.0 Å². The van der Waals surface area contributed by atoms with Crippen molar-refractivity contribution in [2.75, 3.05) is 31.7 Å². The van der Waals surface area contributed by atoms with Gasteiger partial charge in [0.2, 0.25) is 5.91 Å². The van der Waals surface area contributed by atoms with E-state index in [1.165, 1.54) is 6.33 Å². The topological polar surface area (TPSA) is 77.2 Å². The van der Waals surface area contributed by atoms with Crippen LogP contribution >= 0.6 is 0 Å². The number of piperidine rings is 1. The predicted molar refractivity (Wildman–Crippen MR) is 90.6 cm³/mol. The molecule has 3 rings (SSSR count). The standard InChI is InChI=1S/C16H19F5N6O/c1-26(13-11-4-5-22-12(11)24-9-25-13)27-6-2-3-10(7-27)14(28)23-8-15(17,18)16(19,20)21/h4-5,9-10H,2-3,6-8H2,1H3,(H,23,28)(H,22,24,25). The number of hydrazine groups is 1. The third kappa shape index (κ3) is 4.01. The number of amides is 1. The molecule has 12 heteroatoms. The summed E-state index contributed by atoms with van der Waals surface area (Å²) in [5.41, 5.74) is 0.637. The van der Waals surface area contributed by atoms with Gasteiger partial charge in [0.05, 0.1) is 17.8 Å². The van der Waals surface area contributed by atoms with Crippen LogP contribution in [0.2, 0.25) is 0 Å². The van der Waals surface area contributed by atoms with Crippen LogP contribution in [-0.4, -0.2) is 64.6 Å². The third-order valence-electron chi connectivity index (χ3n) is 4.73. The van der Waals surface area contributed by atoms with E-state index in [0.717, 1.165) is 5.39 Å². The highest BCUT2D eigenvalue weighted by Crippen LogP contribution is 2.34. The lowest BCUT2D eigenvalue weighted by atomic mass is 9.98. The van der Waals surface area contributed by atoms with Crippen molar-refractivity contribution in [3.63, 3.8) is 0 Å². The molecule has 0 saturated carbocycles. The first-order chi connectivity index (χ1) is 13.1. The molecule has 0 aromatic carbocycles. The van der Waals surface area contributed by atoms with E-state index in [1.807, 2.05) is 5.01 Å². The summed E-state index contributed by atoms with van der Waals surface area (Å²) in [6.07, 6.45) is -1.62. The minimum atomic E-state index is -5.70. The number of fused-ring (bicyclic) bond motifs is 1. The molecule has 1 aliphatic heterocycles. The van der Waals surface area contributed by atoms with Crippen LogP contribution in [0.1, 0.15) is 12.8 Å². The number of nitrogens with zero attached hydrogens (tertiary/aromatic N) is 4. The Balaban J connectivity index is 1.65. The van der Waals surface area contributed by atoms with Crippen molar-refractivity contribution < 1.29 is 26.7 Å². The van der Waals surface area contributed by atoms with E-state index < -0.39 is 30.5 Å². The molecule has 2 aromatic rings. The molecule has 1 saturated heterocycles. The van der Waals surface area contributed by atoms with Crippen LogP contribution < -0.4 is 10.3 Å². The molecule has 1 aliphatic rings. The van der Waals surface area contributed by atoms with Gasteiger partial charge in [-0.1, -0.05) is 0 Å². The lowest BCUT2D eigenvalue weighted by Gasteiger charge is -2.38. The molecule has 0 bridgehead atoms. The molecule has 2 N–H and O–H groups in total. The molecular formula is C16H19F5N6O. The second kappa shape index (κ2) is 7.49. The summed E-state index contributed by atoms with van der Waals surface area (Å²) in [5, 5.41) is 6.05. The smallest absolute Gasteiger partial charge is 0.349 e. The number of H-pyrrole nitrogens is 1. The largest absolute Gasteiger partial charge is 0.455 e. The van der Waals surface area contributed by atoms with Gasteiger partial charge >= 0.3 is 12.1 Å². The molecule has 0 radical (unpaired) electrons. The molecule has 1 fully saturated rings. The predicted octanol–water partition coefficient (Wildman–Crippen LogP) is 2.33. The molecule has 0 aliphatic carbocycles. The van der Waals surface area contributed by atoms with Gasteiger partial charge in [-0.15, -0.1) is 0 Å². The molecule has 0 spiro atoms. The fourth-order valence-corrected chi connectivity index (χ4v) is 3.14. The lowest BCUT2D eigenvalue weighted by molar-refractivity contribution is -0.278. The van der Waals surface area contributed by atoms with E-state index in [-0.39, 0.29) is 6.54 Å². The normalized spacial score (nSPS) is 19.0. The van der Waals surface area contributed by atoms with E-state index in [9.17, 15) is 26.7 Å². The Morgan fingerprint density at radius 3 is 2.82 bits per heavy atom. The Morgan fingerprint density at radius 2 is 2.11 bits per heavy atom. The van der Waals surface area contributed by atoms with Crippen LogP contribution in [-0.2, 0) is 4.79 Å². The SMILES string of the molecule is CN(c1ncnc2[nH]ccc12)N1CCCC(C(=O)NCC(F)(F)C(F)(F)F)C1. The Morgan fingerprint density at radius 1 is 1.36 bits per heavy atom. The van der Waals surface area contributed by atoms with Crippen molar-refractivity contribution >= 4 is 22.8 Å². The number of aromatic amines is 1. The van der Waals surface area contributed by atoms with Gasteiger partial charge in [0.15, 0.2) is 5.82 Å². The number of carbonyl (C=O) groups is 1. The zero-order chi connectivity index (χ0) is 20.5. The van der Waals surface area contributed by atoms with E-state index in [0.29, 0.717) is 30.9 Å². The van der Waals surface area contributed by atoms with E-state index in [4.69, 9.17) is 0 Å². The number of halogens is 5. The number of carbonyl (C=O) groups excluding carboxylic acids is 1. The first kappa shape index (κ1) is 20.2. The Hall–Kier alpha value is -2.50. The summed E-state index contributed by atoms with van der Waals surface area (Å²) >= 11 is 0. The maximum Gasteiger partial charge on any atom is 0.455 e. The minimum Gasteiger partial charge on any atom is -0.349 e. The zero-order valence-electron chi connectivity index (χ0n) is 14.9. The molecule has 28 heavy (non-hydrogen) atoms. The summed E-state index contributed by atoms with van der Waals surface area (Å²) in [6, 6.07) is 1.80. The molecule has 154 valence electrons. The number of hydrogen-bond donors (Lipinski definition) is 2. The van der Waals surface area contributed by atoms with Crippen LogP contribution in [0.5, 0.6) is 0 Å². The number of anilines is 1. The fourth-order valence-electron chi connectivity index (χ4n) is 3.14. The van der Waals surface area contributed by atoms with Crippen LogP contribution in [0, 0.1) is 5.92 Å². The van der Waals surface area contributed by atoms with Crippen LogP contribution in [0.4, 0.5) is 27.8 Å². The second-order valence-corrected chi connectivity index (χ2v) is 6.63. The Kier molecular flexibility index (Phi) is 5.41. The summed E-state index contributed by atoms with van der Waals surface area (Å²) in [6.45, 7) is -0.998. The lowest BCUT2D eigenvalue weighted by Crippen LogP contribution is -2.52. The van der Waals surface area contributed by atoms with Gasteiger partial charge in [0.25, 0.3) is 0 Å². The van der Waals surface area contributed by atoms with Crippen molar-refractivity contribution in [3.8, 4) is 0 Å². The summed E-state index contributed by atoms with van der Waals surface area (Å²) < 4.78 is 62.8.